The molecule has 0 spiro atoms. The molecule has 0 radical (unpaired) electrons. The van der Waals surface area contributed by atoms with E-state index in [1.54, 1.807) is 0 Å². The lowest BCUT2D eigenvalue weighted by atomic mass is 10.2. The van der Waals surface area contributed by atoms with Gasteiger partial charge in [0.2, 0.25) is 0 Å². The number of benzene rings is 1. The van der Waals surface area contributed by atoms with Gasteiger partial charge in [-0.1, -0.05) is 11.6 Å². The summed E-state index contributed by atoms with van der Waals surface area (Å²) < 4.78 is 5.40. The predicted octanol–water partition coefficient (Wildman–Crippen LogP) is 2.60. The minimum atomic E-state index is 0.681. The van der Waals surface area contributed by atoms with Gasteiger partial charge < -0.3 is 9.64 Å². The summed E-state index contributed by atoms with van der Waals surface area (Å²) in [6, 6.07) is 6.32. The topological polar surface area (TPSA) is 24.8 Å². The monoisotopic (exact) mass is 224 g/mol. The number of nitrogens with zero attached hydrogens (tertiary/aromatic N) is 2. The number of aliphatic imine (C=N–C) groups is 1. The van der Waals surface area contributed by atoms with Crippen LogP contribution in [0.15, 0.2) is 23.2 Å². The molecule has 0 amide bonds. The lowest BCUT2D eigenvalue weighted by Crippen LogP contribution is -2.19. The van der Waals surface area contributed by atoms with Crippen LogP contribution in [0.1, 0.15) is 5.56 Å². The molecule has 80 valence electrons. The first-order valence-electron chi connectivity index (χ1n) is 4.85. The molecule has 2 rings (SSSR count). The summed E-state index contributed by atoms with van der Waals surface area (Å²) in [5.74, 6) is 0. The third kappa shape index (κ3) is 2.23. The smallest absolute Gasteiger partial charge is 0.292 e. The van der Waals surface area contributed by atoms with E-state index in [1.807, 2.05) is 37.1 Å². The Balaban J connectivity index is 2.30. The van der Waals surface area contributed by atoms with Crippen molar-refractivity contribution in [3.8, 4) is 0 Å². The van der Waals surface area contributed by atoms with Crippen molar-refractivity contribution in [3.05, 3.63) is 28.8 Å². The fourth-order valence-electron chi connectivity index (χ4n) is 1.44. The second kappa shape index (κ2) is 4.11. The first-order valence-corrected chi connectivity index (χ1v) is 5.23. The van der Waals surface area contributed by atoms with Crippen LogP contribution in [0.4, 0.5) is 5.69 Å². The van der Waals surface area contributed by atoms with Gasteiger partial charge in [-0.25, -0.2) is 0 Å². The Kier molecular flexibility index (Phi) is 2.82. The van der Waals surface area contributed by atoms with Gasteiger partial charge in [-0.2, -0.15) is 4.99 Å². The minimum Gasteiger partial charge on any atom is -0.463 e. The normalized spacial score (nSPS) is 18.3. The zero-order valence-corrected chi connectivity index (χ0v) is 9.58. The number of hydrogen-bond acceptors (Lipinski definition) is 2. The van der Waals surface area contributed by atoms with Crippen molar-refractivity contribution < 1.29 is 4.74 Å². The lowest BCUT2D eigenvalue weighted by molar-refractivity contribution is 0.352. The molecule has 0 saturated carbocycles. The lowest BCUT2D eigenvalue weighted by Gasteiger charge is -2.08. The summed E-state index contributed by atoms with van der Waals surface area (Å²) in [5.41, 5.74) is 1.96. The summed E-state index contributed by atoms with van der Waals surface area (Å²) in [6.07, 6.45) is 0. The molecule has 0 unspecified atom stereocenters. The second-order valence-electron chi connectivity index (χ2n) is 3.60. The van der Waals surface area contributed by atoms with Crippen LogP contribution in [-0.4, -0.2) is 31.1 Å². The van der Waals surface area contributed by atoms with E-state index >= 15 is 0 Å². The van der Waals surface area contributed by atoms with Gasteiger partial charge in [0.1, 0.15) is 6.61 Å². The van der Waals surface area contributed by atoms with Crippen LogP contribution >= 0.6 is 11.6 Å². The maximum atomic E-state index is 5.87. The Hall–Kier alpha value is -1.22. The van der Waals surface area contributed by atoms with Crippen LogP contribution in [0.2, 0.25) is 5.02 Å². The second-order valence-corrected chi connectivity index (χ2v) is 4.03. The van der Waals surface area contributed by atoms with Gasteiger partial charge in [0, 0.05) is 12.1 Å². The Labute approximate surface area is 94.3 Å². The summed E-state index contributed by atoms with van der Waals surface area (Å²) in [6.45, 7) is 3.59. The highest BCUT2D eigenvalue weighted by Gasteiger charge is 2.15. The fourth-order valence-corrected chi connectivity index (χ4v) is 1.67. The molecule has 0 atom stereocenters. The molecule has 0 aliphatic carbocycles. The van der Waals surface area contributed by atoms with Crippen molar-refractivity contribution in [1.82, 2.24) is 4.90 Å². The van der Waals surface area contributed by atoms with E-state index in [2.05, 4.69) is 4.99 Å². The molecule has 4 heteroatoms. The van der Waals surface area contributed by atoms with Gasteiger partial charge in [0.15, 0.2) is 0 Å². The molecular weight excluding hydrogens is 212 g/mol. The summed E-state index contributed by atoms with van der Waals surface area (Å²) in [7, 11) is 1.97. The molecule has 15 heavy (non-hydrogen) atoms. The zero-order valence-electron chi connectivity index (χ0n) is 8.83. The van der Waals surface area contributed by atoms with Crippen molar-refractivity contribution in [3.63, 3.8) is 0 Å². The molecule has 1 aromatic carbocycles. The predicted molar refractivity (Wildman–Crippen MR) is 61.9 cm³/mol. The number of aryl methyl sites for hydroxylation is 1. The molecule has 0 bridgehead atoms. The van der Waals surface area contributed by atoms with Gasteiger partial charge in [-0.15, -0.1) is 0 Å². The number of hydrogen-bond donors (Lipinski definition) is 0. The standard InChI is InChI=1S/C11H13ClN2O/c1-8-7-9(12)3-4-10(8)13-11-14(2)5-6-15-11/h3-4,7H,5-6H2,1-2H3/b13-11+. The molecule has 0 N–H and O–H groups in total. The highest BCUT2D eigenvalue weighted by atomic mass is 35.5. The van der Waals surface area contributed by atoms with Crippen molar-refractivity contribution in [2.45, 2.75) is 6.92 Å². The molecule has 0 aromatic heterocycles. The molecule has 1 heterocycles. The van der Waals surface area contributed by atoms with Crippen LogP contribution in [0.3, 0.4) is 0 Å². The number of amidine groups is 1. The maximum absolute atomic E-state index is 5.87. The van der Waals surface area contributed by atoms with Gasteiger partial charge in [-0.3, -0.25) is 0 Å². The largest absolute Gasteiger partial charge is 0.463 e. The van der Waals surface area contributed by atoms with E-state index < -0.39 is 0 Å². The third-order valence-corrected chi connectivity index (χ3v) is 2.59. The van der Waals surface area contributed by atoms with Gasteiger partial charge >= 0.3 is 0 Å². The van der Waals surface area contributed by atoms with Crippen molar-refractivity contribution in [1.29, 1.82) is 0 Å². The van der Waals surface area contributed by atoms with Gasteiger partial charge in [0.25, 0.3) is 6.02 Å². The van der Waals surface area contributed by atoms with E-state index in [9.17, 15) is 0 Å². The third-order valence-electron chi connectivity index (χ3n) is 2.36. The molecule has 1 aliphatic heterocycles. The van der Waals surface area contributed by atoms with E-state index in [1.165, 1.54) is 0 Å². The van der Waals surface area contributed by atoms with E-state index in [-0.39, 0.29) is 0 Å². The summed E-state index contributed by atoms with van der Waals surface area (Å²) in [5, 5.41) is 0.733. The fraction of sp³-hybridized carbons (Fsp3) is 0.364. The summed E-state index contributed by atoms with van der Waals surface area (Å²) >= 11 is 5.87. The number of halogens is 1. The molecule has 3 nitrogen and oxygen atoms in total. The van der Waals surface area contributed by atoms with Gasteiger partial charge in [-0.05, 0) is 30.7 Å². The molecule has 1 aliphatic rings. The highest BCUT2D eigenvalue weighted by molar-refractivity contribution is 6.30. The highest BCUT2D eigenvalue weighted by Crippen LogP contribution is 2.23. The molecule has 1 saturated heterocycles. The van der Waals surface area contributed by atoms with Gasteiger partial charge in [0.05, 0.1) is 12.2 Å². The van der Waals surface area contributed by atoms with Crippen molar-refractivity contribution in [2.24, 2.45) is 4.99 Å². The van der Waals surface area contributed by atoms with Crippen LogP contribution in [0.5, 0.6) is 0 Å². The minimum absolute atomic E-state index is 0.681. The maximum Gasteiger partial charge on any atom is 0.292 e. The van der Waals surface area contributed by atoms with Crippen LogP contribution in [0.25, 0.3) is 0 Å². The van der Waals surface area contributed by atoms with Crippen LogP contribution < -0.4 is 0 Å². The molecule has 1 aromatic rings. The molecular formula is C11H13ClN2O. The SMILES string of the molecule is Cc1cc(Cl)ccc1/N=C1/OCCN1C. The zero-order chi connectivity index (χ0) is 10.8. The van der Waals surface area contributed by atoms with E-state index in [0.717, 1.165) is 22.8 Å². The Morgan fingerprint density at radius 3 is 2.87 bits per heavy atom. The average molecular weight is 225 g/mol. The van der Waals surface area contributed by atoms with E-state index in [4.69, 9.17) is 16.3 Å². The van der Waals surface area contributed by atoms with Crippen molar-refractivity contribution >= 4 is 23.3 Å². The first kappa shape index (κ1) is 10.3. The van der Waals surface area contributed by atoms with E-state index in [0.29, 0.717) is 12.6 Å². The van der Waals surface area contributed by atoms with Crippen molar-refractivity contribution in [2.75, 3.05) is 20.2 Å². The van der Waals surface area contributed by atoms with Crippen LogP contribution in [-0.2, 0) is 4.74 Å². The Morgan fingerprint density at radius 1 is 1.47 bits per heavy atom. The first-order chi connectivity index (χ1) is 7.16. The summed E-state index contributed by atoms with van der Waals surface area (Å²) in [4.78, 5) is 6.44. The van der Waals surface area contributed by atoms with Crippen LogP contribution in [0, 0.1) is 6.92 Å². The molecule has 1 fully saturated rings. The number of rotatable bonds is 1. The number of likely N-dealkylation sites (N-methyl/N-ethyl adjacent to an activating group) is 1. The average Bonchev–Trinajstić information content (AvgIpc) is 2.57. The quantitative estimate of drug-likeness (QED) is 0.733. The number of ether oxygens (including phenoxy) is 1. The Bertz CT molecular complexity index is 404. The Morgan fingerprint density at radius 2 is 2.27 bits per heavy atom.